The van der Waals surface area contributed by atoms with E-state index in [0.29, 0.717) is 32.2 Å². The number of ether oxygens (including phenoxy) is 1. The molecule has 0 atom stereocenters. The SMILES string of the molecule is CCCC.CCNOS(=O)(=O)CN1C(=C2SC(=S)N(CCNC(C)=O)C2=O)Sc2ccc(OC)cc21. The Kier molecular flexibility index (Phi) is 12.0. The number of methoxy groups -OCH3 is 1. The number of carbonyl (C=O) groups is 2. The minimum atomic E-state index is -4.01. The van der Waals surface area contributed by atoms with Crippen molar-refractivity contribution < 1.29 is 27.0 Å². The third-order valence-corrected chi connectivity index (χ3v) is 8.47. The van der Waals surface area contributed by atoms with Gasteiger partial charge in [0.15, 0.2) is 5.88 Å². The number of carbonyl (C=O) groups excluding carboxylic acids is 2. The van der Waals surface area contributed by atoms with Gasteiger partial charge in [-0.25, -0.2) is 0 Å². The van der Waals surface area contributed by atoms with Crippen molar-refractivity contribution >= 4 is 67.7 Å². The summed E-state index contributed by atoms with van der Waals surface area (Å²) in [5, 5.41) is 3.08. The number of unbranched alkanes of at least 4 members (excludes halogenated alkanes) is 1. The smallest absolute Gasteiger partial charge is 0.302 e. The van der Waals surface area contributed by atoms with Crippen LogP contribution in [0.5, 0.6) is 5.75 Å². The number of thioether (sulfide) groups is 2. The maximum atomic E-state index is 13.1. The van der Waals surface area contributed by atoms with Crippen LogP contribution < -0.4 is 20.4 Å². The first kappa shape index (κ1) is 30.4. The summed E-state index contributed by atoms with van der Waals surface area (Å²) < 4.78 is 35.5. The van der Waals surface area contributed by atoms with Crippen molar-refractivity contribution in [3.63, 3.8) is 0 Å². The van der Waals surface area contributed by atoms with E-state index in [-0.39, 0.29) is 24.9 Å². The summed E-state index contributed by atoms with van der Waals surface area (Å²) in [4.78, 5) is 28.2. The van der Waals surface area contributed by atoms with Crippen LogP contribution in [0.15, 0.2) is 33.0 Å². The lowest BCUT2D eigenvalue weighted by Gasteiger charge is -2.21. The fourth-order valence-corrected chi connectivity index (χ4v) is 6.50. The van der Waals surface area contributed by atoms with Crippen LogP contribution in [0, 0.1) is 0 Å². The molecule has 14 heteroatoms. The number of thiocarbonyl (C=S) groups is 1. The molecule has 0 bridgehead atoms. The molecule has 1 saturated heterocycles. The largest absolute Gasteiger partial charge is 0.497 e. The molecule has 1 aromatic rings. The molecule has 10 nitrogen and oxygen atoms in total. The van der Waals surface area contributed by atoms with Gasteiger partial charge in [-0.1, -0.05) is 69.4 Å². The van der Waals surface area contributed by atoms with Gasteiger partial charge in [0.1, 0.15) is 20.0 Å². The molecule has 2 aliphatic rings. The van der Waals surface area contributed by atoms with Gasteiger partial charge in [0.2, 0.25) is 5.91 Å². The van der Waals surface area contributed by atoms with Crippen LogP contribution in [0.1, 0.15) is 40.5 Å². The number of anilines is 1. The highest BCUT2D eigenvalue weighted by Gasteiger charge is 2.40. The molecule has 0 spiro atoms. The van der Waals surface area contributed by atoms with Crippen LogP contribution in [-0.4, -0.2) is 62.1 Å². The molecule has 3 rings (SSSR count). The number of fused-ring (bicyclic) bond motifs is 1. The second-order valence-corrected chi connectivity index (χ2v) is 11.8. The molecule has 0 unspecified atom stereocenters. The molecular formula is C22H32N4O6S4. The molecule has 0 saturated carbocycles. The van der Waals surface area contributed by atoms with E-state index >= 15 is 0 Å². The topological polar surface area (TPSA) is 117 Å². The molecule has 2 amide bonds. The predicted octanol–water partition coefficient (Wildman–Crippen LogP) is 3.41. The van der Waals surface area contributed by atoms with Gasteiger partial charge < -0.3 is 15.0 Å². The predicted molar refractivity (Wildman–Crippen MR) is 148 cm³/mol. The lowest BCUT2D eigenvalue weighted by atomic mass is 10.3. The maximum absolute atomic E-state index is 13.1. The fraction of sp³-hybridized carbons (Fsp3) is 0.500. The van der Waals surface area contributed by atoms with E-state index in [1.807, 2.05) is 0 Å². The zero-order valence-corrected chi connectivity index (χ0v) is 24.2. The molecule has 36 heavy (non-hydrogen) atoms. The summed E-state index contributed by atoms with van der Waals surface area (Å²) in [6, 6.07) is 5.26. The minimum absolute atomic E-state index is 0.207. The first-order chi connectivity index (χ1) is 17.1. The number of hydrogen-bond donors (Lipinski definition) is 2. The first-order valence-electron chi connectivity index (χ1n) is 11.4. The highest BCUT2D eigenvalue weighted by Crippen LogP contribution is 2.51. The molecule has 200 valence electrons. The van der Waals surface area contributed by atoms with Gasteiger partial charge >= 0.3 is 10.1 Å². The highest BCUT2D eigenvalue weighted by atomic mass is 32.2. The third kappa shape index (κ3) is 8.08. The van der Waals surface area contributed by atoms with Crippen LogP contribution >= 0.6 is 35.7 Å². The molecule has 0 aromatic heterocycles. The number of nitrogens with zero attached hydrogens (tertiary/aromatic N) is 2. The monoisotopic (exact) mass is 576 g/mol. The van der Waals surface area contributed by atoms with E-state index in [4.69, 9.17) is 21.2 Å². The normalized spacial score (nSPS) is 17.1. The first-order valence-corrected chi connectivity index (χ1v) is 15.0. The Balaban J connectivity index is 0.00000106. The minimum Gasteiger partial charge on any atom is -0.497 e. The molecule has 0 radical (unpaired) electrons. The summed E-state index contributed by atoms with van der Waals surface area (Å²) in [6.07, 6.45) is 2.64. The van der Waals surface area contributed by atoms with Crippen LogP contribution in [0.3, 0.4) is 0 Å². The van der Waals surface area contributed by atoms with Gasteiger partial charge in [-0.3, -0.25) is 14.5 Å². The van der Waals surface area contributed by atoms with Gasteiger partial charge in [0.05, 0.1) is 12.8 Å². The summed E-state index contributed by atoms with van der Waals surface area (Å²) in [5.74, 6) is -0.522. The lowest BCUT2D eigenvalue weighted by molar-refractivity contribution is -0.123. The maximum Gasteiger partial charge on any atom is 0.302 e. The van der Waals surface area contributed by atoms with Gasteiger partial charge in [0.25, 0.3) is 5.91 Å². The van der Waals surface area contributed by atoms with Gasteiger partial charge in [-0.2, -0.15) is 18.2 Å². The number of amides is 2. The Hall–Kier alpha value is -1.84. The Bertz CT molecular complexity index is 1110. The molecule has 1 fully saturated rings. The van der Waals surface area contributed by atoms with Crippen molar-refractivity contribution in [3.8, 4) is 5.75 Å². The van der Waals surface area contributed by atoms with Crippen molar-refractivity contribution in [1.29, 1.82) is 0 Å². The molecule has 0 aliphatic carbocycles. The Labute approximate surface area is 226 Å². The lowest BCUT2D eigenvalue weighted by Crippen LogP contribution is -2.37. The van der Waals surface area contributed by atoms with Crippen molar-refractivity contribution in [2.24, 2.45) is 0 Å². The Morgan fingerprint density at radius 1 is 1.14 bits per heavy atom. The number of nitrogens with one attached hydrogen (secondary N) is 2. The summed E-state index contributed by atoms with van der Waals surface area (Å²) >= 11 is 7.73. The van der Waals surface area contributed by atoms with E-state index in [1.165, 1.54) is 48.4 Å². The van der Waals surface area contributed by atoms with Crippen LogP contribution in [0.4, 0.5) is 5.69 Å². The zero-order chi connectivity index (χ0) is 26.9. The van der Waals surface area contributed by atoms with Crippen LogP contribution in [0.25, 0.3) is 0 Å². The molecule has 1 aromatic carbocycles. The average Bonchev–Trinajstić information content (AvgIpc) is 3.33. The van der Waals surface area contributed by atoms with E-state index in [2.05, 4.69) is 24.6 Å². The second kappa shape index (κ2) is 14.2. The standard InChI is InChI=1S/C18H22N4O6S4.C4H10/c1-4-20-28-32(25,26)10-22-13-9-12(27-3)5-6-14(13)30-17(22)15-16(24)21(18(29)31-15)8-7-19-11(2)23;1-3-4-2/h5-6,9,20H,4,7-8,10H2,1-3H3,(H,19,23);3-4H2,1-2H3. The van der Waals surface area contributed by atoms with Crippen molar-refractivity contribution in [2.45, 2.75) is 45.4 Å². The Morgan fingerprint density at radius 3 is 2.42 bits per heavy atom. The second-order valence-electron chi connectivity index (χ2n) is 7.57. The van der Waals surface area contributed by atoms with E-state index < -0.39 is 16.0 Å². The molecular weight excluding hydrogens is 545 g/mol. The van der Waals surface area contributed by atoms with E-state index in [1.54, 1.807) is 25.1 Å². The molecule has 2 heterocycles. The summed E-state index contributed by atoms with van der Waals surface area (Å²) in [6.45, 7) is 8.23. The average molecular weight is 577 g/mol. The number of hydrogen-bond acceptors (Lipinski definition) is 11. The molecule has 2 N–H and O–H groups in total. The summed E-state index contributed by atoms with van der Waals surface area (Å²) in [7, 11) is -2.49. The van der Waals surface area contributed by atoms with Gasteiger partial charge in [0, 0.05) is 37.5 Å². The third-order valence-electron chi connectivity index (χ3n) is 4.78. The van der Waals surface area contributed by atoms with Crippen LogP contribution in [0.2, 0.25) is 0 Å². The Morgan fingerprint density at radius 2 is 1.83 bits per heavy atom. The highest BCUT2D eigenvalue weighted by molar-refractivity contribution is 8.27. The zero-order valence-electron chi connectivity index (χ0n) is 21.0. The number of rotatable bonds is 10. The number of benzene rings is 1. The van der Waals surface area contributed by atoms with Gasteiger partial charge in [-0.15, -0.1) is 0 Å². The van der Waals surface area contributed by atoms with Crippen molar-refractivity contribution in [3.05, 3.63) is 28.1 Å². The van der Waals surface area contributed by atoms with E-state index in [0.717, 1.165) is 16.7 Å². The van der Waals surface area contributed by atoms with Crippen molar-refractivity contribution in [1.82, 2.24) is 15.7 Å². The molecule has 2 aliphatic heterocycles. The van der Waals surface area contributed by atoms with Gasteiger partial charge in [-0.05, 0) is 12.1 Å². The van der Waals surface area contributed by atoms with Crippen molar-refractivity contribution in [2.75, 3.05) is 37.5 Å². The van der Waals surface area contributed by atoms with Crippen LogP contribution in [-0.2, 0) is 24.0 Å². The number of hydroxylamine groups is 1. The quantitative estimate of drug-likeness (QED) is 0.242. The fourth-order valence-electron chi connectivity index (χ4n) is 2.88. The summed E-state index contributed by atoms with van der Waals surface area (Å²) in [5.41, 5.74) is 2.93. The van der Waals surface area contributed by atoms with E-state index in [9.17, 15) is 18.0 Å².